The lowest BCUT2D eigenvalue weighted by Crippen LogP contribution is -2.23. The van der Waals surface area contributed by atoms with Gasteiger partial charge in [0.15, 0.2) is 5.16 Å². The monoisotopic (exact) mass is 563 g/mol. The van der Waals surface area contributed by atoms with Crippen molar-refractivity contribution in [2.75, 3.05) is 11.1 Å². The molecule has 0 saturated heterocycles. The number of benzene rings is 2. The standard InChI is InChI=1S/C26H21ClF3N3O2S2/c1-14-7-9-17-20(11-14)37-23-22(17)24(35)33(16-5-3-2-4-6-16)25(32-23)36-13-21(34)31-15-8-10-19(27)18(12-15)26(28,29)30/h2-6,8,10,12,14H,7,9,11,13H2,1H3,(H,31,34)/t14-/m0/s1. The van der Waals surface area contributed by atoms with Crippen molar-refractivity contribution in [3.05, 3.63) is 79.9 Å². The Kier molecular flexibility index (Phi) is 7.08. The first-order chi connectivity index (χ1) is 17.6. The van der Waals surface area contributed by atoms with Gasteiger partial charge in [0.1, 0.15) is 4.83 Å². The van der Waals surface area contributed by atoms with Crippen molar-refractivity contribution in [2.45, 2.75) is 37.5 Å². The second kappa shape index (κ2) is 10.2. The number of anilines is 1. The highest BCUT2D eigenvalue weighted by molar-refractivity contribution is 7.99. The first-order valence-corrected chi connectivity index (χ1v) is 13.7. The van der Waals surface area contributed by atoms with Gasteiger partial charge in [-0.3, -0.25) is 14.2 Å². The third kappa shape index (κ3) is 5.28. The fourth-order valence-corrected chi connectivity index (χ4v) is 6.88. The van der Waals surface area contributed by atoms with E-state index in [0.29, 0.717) is 27.0 Å². The summed E-state index contributed by atoms with van der Waals surface area (Å²) >= 11 is 8.24. The van der Waals surface area contributed by atoms with E-state index in [-0.39, 0.29) is 17.0 Å². The van der Waals surface area contributed by atoms with Gasteiger partial charge in [-0.15, -0.1) is 11.3 Å². The lowest BCUT2D eigenvalue weighted by Gasteiger charge is -2.17. The summed E-state index contributed by atoms with van der Waals surface area (Å²) in [6.45, 7) is 2.20. The Labute approximate surface area is 223 Å². The molecule has 192 valence electrons. The first-order valence-electron chi connectivity index (χ1n) is 11.5. The molecule has 4 aromatic rings. The Morgan fingerprint density at radius 2 is 2.00 bits per heavy atom. The van der Waals surface area contributed by atoms with Crippen LogP contribution in [0.4, 0.5) is 18.9 Å². The fourth-order valence-electron chi connectivity index (χ4n) is 4.42. The molecule has 1 aliphatic carbocycles. The van der Waals surface area contributed by atoms with Crippen LogP contribution in [0.15, 0.2) is 58.5 Å². The number of aryl methyl sites for hydroxylation is 1. The number of aromatic nitrogens is 2. The molecule has 1 atom stereocenters. The molecule has 37 heavy (non-hydrogen) atoms. The number of fused-ring (bicyclic) bond motifs is 3. The van der Waals surface area contributed by atoms with Gasteiger partial charge in [0, 0.05) is 10.6 Å². The summed E-state index contributed by atoms with van der Waals surface area (Å²) < 4.78 is 41.0. The largest absolute Gasteiger partial charge is 0.417 e. The normalized spacial score (nSPS) is 15.5. The number of nitrogens with zero attached hydrogens (tertiary/aromatic N) is 2. The average Bonchev–Trinajstić information content (AvgIpc) is 3.21. The van der Waals surface area contributed by atoms with E-state index in [1.54, 1.807) is 12.1 Å². The lowest BCUT2D eigenvalue weighted by atomic mass is 9.89. The smallest absolute Gasteiger partial charge is 0.325 e. The Morgan fingerprint density at radius 3 is 2.73 bits per heavy atom. The zero-order valence-corrected chi connectivity index (χ0v) is 22.0. The molecule has 11 heteroatoms. The van der Waals surface area contributed by atoms with E-state index in [0.717, 1.165) is 48.7 Å². The summed E-state index contributed by atoms with van der Waals surface area (Å²) in [5, 5.41) is 3.00. The number of amides is 1. The lowest BCUT2D eigenvalue weighted by molar-refractivity contribution is -0.137. The van der Waals surface area contributed by atoms with E-state index in [2.05, 4.69) is 12.2 Å². The van der Waals surface area contributed by atoms with Crippen LogP contribution in [0.3, 0.4) is 0 Å². The van der Waals surface area contributed by atoms with Gasteiger partial charge in [-0.25, -0.2) is 4.98 Å². The fraction of sp³-hybridized carbons (Fsp3) is 0.269. The summed E-state index contributed by atoms with van der Waals surface area (Å²) in [7, 11) is 0. The molecule has 2 heterocycles. The van der Waals surface area contributed by atoms with Crippen LogP contribution in [0.5, 0.6) is 0 Å². The highest BCUT2D eigenvalue weighted by Crippen LogP contribution is 2.38. The molecule has 5 rings (SSSR count). The number of hydrogen-bond acceptors (Lipinski definition) is 5. The summed E-state index contributed by atoms with van der Waals surface area (Å²) in [5.74, 6) is -0.148. The average molecular weight is 564 g/mol. The highest BCUT2D eigenvalue weighted by atomic mass is 35.5. The summed E-state index contributed by atoms with van der Waals surface area (Å²) in [4.78, 5) is 33.0. The topological polar surface area (TPSA) is 64.0 Å². The molecule has 0 unspecified atom stereocenters. The second-order valence-electron chi connectivity index (χ2n) is 8.93. The van der Waals surface area contributed by atoms with E-state index in [9.17, 15) is 22.8 Å². The first kappa shape index (κ1) is 25.8. The number of carbonyl (C=O) groups is 1. The number of halogens is 4. The highest BCUT2D eigenvalue weighted by Gasteiger charge is 2.33. The van der Waals surface area contributed by atoms with Gasteiger partial charge < -0.3 is 5.32 Å². The van der Waals surface area contributed by atoms with E-state index < -0.39 is 22.7 Å². The van der Waals surface area contributed by atoms with Crippen LogP contribution in [0, 0.1) is 5.92 Å². The molecule has 2 aromatic carbocycles. The third-order valence-electron chi connectivity index (χ3n) is 6.20. The van der Waals surface area contributed by atoms with Gasteiger partial charge in [0.05, 0.1) is 27.4 Å². The van der Waals surface area contributed by atoms with Crippen LogP contribution in [0.2, 0.25) is 5.02 Å². The Balaban J connectivity index is 1.46. The molecule has 0 saturated carbocycles. The van der Waals surface area contributed by atoms with Gasteiger partial charge in [0.25, 0.3) is 5.56 Å². The van der Waals surface area contributed by atoms with Crippen LogP contribution in [-0.2, 0) is 23.8 Å². The van der Waals surface area contributed by atoms with Gasteiger partial charge in [-0.1, -0.05) is 48.5 Å². The quantitative estimate of drug-likeness (QED) is 0.210. The van der Waals surface area contributed by atoms with Crippen molar-refractivity contribution in [2.24, 2.45) is 5.92 Å². The molecule has 1 amide bonds. The summed E-state index contributed by atoms with van der Waals surface area (Å²) in [6.07, 6.45) is -1.89. The SMILES string of the molecule is C[C@H]1CCc2c(sc3nc(SCC(=O)Nc4ccc(Cl)c(C(F)(F)F)c4)n(-c4ccccc4)c(=O)c23)C1. The predicted molar refractivity (Wildman–Crippen MR) is 142 cm³/mol. The van der Waals surface area contributed by atoms with Crippen LogP contribution >= 0.6 is 34.7 Å². The minimum atomic E-state index is -4.64. The van der Waals surface area contributed by atoms with Crippen LogP contribution in [-0.4, -0.2) is 21.2 Å². The van der Waals surface area contributed by atoms with Gasteiger partial charge in [0.2, 0.25) is 5.91 Å². The van der Waals surface area contributed by atoms with E-state index in [4.69, 9.17) is 16.6 Å². The second-order valence-corrected chi connectivity index (χ2v) is 11.4. The maximum Gasteiger partial charge on any atom is 0.417 e. The molecule has 2 aromatic heterocycles. The van der Waals surface area contributed by atoms with Crippen LogP contribution < -0.4 is 10.9 Å². The summed E-state index contributed by atoms with van der Waals surface area (Å²) in [6, 6.07) is 12.3. The molecule has 0 fully saturated rings. The van der Waals surface area contributed by atoms with Gasteiger partial charge in [-0.05, 0) is 61.1 Å². The number of hydrogen-bond donors (Lipinski definition) is 1. The molecular weight excluding hydrogens is 543 g/mol. The Morgan fingerprint density at radius 1 is 1.24 bits per heavy atom. The third-order valence-corrected chi connectivity index (χ3v) is 8.62. The zero-order chi connectivity index (χ0) is 26.3. The van der Waals surface area contributed by atoms with Crippen molar-refractivity contribution in [1.29, 1.82) is 0 Å². The van der Waals surface area contributed by atoms with Gasteiger partial charge in [-0.2, -0.15) is 13.2 Å². The van der Waals surface area contributed by atoms with Crippen molar-refractivity contribution in [1.82, 2.24) is 9.55 Å². The van der Waals surface area contributed by atoms with Crippen molar-refractivity contribution >= 4 is 56.5 Å². The van der Waals surface area contributed by atoms with Crippen molar-refractivity contribution in [3.63, 3.8) is 0 Å². The van der Waals surface area contributed by atoms with Crippen LogP contribution in [0.25, 0.3) is 15.9 Å². The van der Waals surface area contributed by atoms with E-state index >= 15 is 0 Å². The number of thioether (sulfide) groups is 1. The number of rotatable bonds is 5. The minimum Gasteiger partial charge on any atom is -0.325 e. The molecule has 0 bridgehead atoms. The molecule has 1 N–H and O–H groups in total. The molecule has 0 aliphatic heterocycles. The number of carbonyl (C=O) groups excluding carboxylic acids is 1. The molecule has 1 aliphatic rings. The zero-order valence-electron chi connectivity index (χ0n) is 19.6. The minimum absolute atomic E-state index is 0.0220. The van der Waals surface area contributed by atoms with Crippen molar-refractivity contribution in [3.8, 4) is 5.69 Å². The number of thiophene rings is 1. The van der Waals surface area contributed by atoms with E-state index in [1.165, 1.54) is 26.8 Å². The van der Waals surface area contributed by atoms with Crippen molar-refractivity contribution < 1.29 is 18.0 Å². The Hall–Kier alpha value is -2.82. The number of alkyl halides is 3. The molecule has 0 radical (unpaired) electrons. The Bertz CT molecular complexity index is 1550. The summed E-state index contributed by atoms with van der Waals surface area (Å²) in [5.41, 5.74) is 0.463. The number of nitrogens with one attached hydrogen (secondary N) is 1. The number of para-hydroxylation sites is 1. The molecule has 0 spiro atoms. The molecular formula is C26H21ClF3N3O2S2. The van der Waals surface area contributed by atoms with Crippen LogP contribution in [0.1, 0.15) is 29.3 Å². The molecule has 5 nitrogen and oxygen atoms in total. The van der Waals surface area contributed by atoms with Gasteiger partial charge >= 0.3 is 6.18 Å². The predicted octanol–water partition coefficient (Wildman–Crippen LogP) is 6.98. The van der Waals surface area contributed by atoms with E-state index in [1.807, 2.05) is 18.2 Å². The maximum absolute atomic E-state index is 13.8. The maximum atomic E-state index is 13.8.